The Morgan fingerprint density at radius 1 is 1.43 bits per heavy atom. The van der Waals surface area contributed by atoms with Crippen molar-refractivity contribution in [2.75, 3.05) is 11.9 Å². The fourth-order valence-corrected chi connectivity index (χ4v) is 2.73. The minimum Gasteiger partial charge on any atom is -0.481 e. The first-order valence-corrected chi connectivity index (χ1v) is 6.50. The lowest BCUT2D eigenvalue weighted by atomic mass is 9.96. The molecule has 1 aromatic rings. The number of carboxylic acids is 1. The lowest BCUT2D eigenvalue weighted by Gasteiger charge is -2.17. The monoisotopic (exact) mass is 300 g/mol. The van der Waals surface area contributed by atoms with E-state index in [-0.39, 0.29) is 18.2 Å². The van der Waals surface area contributed by atoms with E-state index in [1.165, 1.54) is 0 Å². The quantitative estimate of drug-likeness (QED) is 0.644. The second-order valence-electron chi connectivity index (χ2n) is 5.06. The molecule has 6 nitrogen and oxygen atoms in total. The first-order valence-electron chi connectivity index (χ1n) is 6.50. The summed E-state index contributed by atoms with van der Waals surface area (Å²) in [5.41, 5.74) is -1.10. The predicted molar refractivity (Wildman–Crippen MR) is 70.0 cm³/mol. The van der Waals surface area contributed by atoms with Crippen LogP contribution in [-0.2, 0) is 4.79 Å². The first kappa shape index (κ1) is 15.1. The predicted octanol–water partition coefficient (Wildman–Crippen LogP) is 2.79. The zero-order chi connectivity index (χ0) is 15.6. The number of anilines is 1. The Hall–Kier alpha value is -2.25. The van der Waals surface area contributed by atoms with Crippen LogP contribution in [0.15, 0.2) is 12.1 Å². The largest absolute Gasteiger partial charge is 0.481 e. The number of hydrogen-bond donors (Lipinski definition) is 2. The molecular formula is C13H14F2N2O4. The molecule has 0 aliphatic heterocycles. The van der Waals surface area contributed by atoms with Crippen LogP contribution in [0.4, 0.5) is 20.2 Å². The molecular weight excluding hydrogens is 286 g/mol. The van der Waals surface area contributed by atoms with Gasteiger partial charge < -0.3 is 10.4 Å². The maximum atomic E-state index is 13.5. The first-order chi connectivity index (χ1) is 9.90. The summed E-state index contributed by atoms with van der Waals surface area (Å²) in [5.74, 6) is -3.85. The van der Waals surface area contributed by atoms with Gasteiger partial charge >= 0.3 is 11.7 Å². The highest BCUT2D eigenvalue weighted by molar-refractivity contribution is 5.71. The number of halogens is 2. The number of nitrogens with zero attached hydrogens (tertiary/aromatic N) is 1. The Bertz CT molecular complexity index is 580. The maximum Gasteiger partial charge on any atom is 0.327 e. The summed E-state index contributed by atoms with van der Waals surface area (Å²) in [6.45, 7) is 0.126. The average molecular weight is 300 g/mol. The van der Waals surface area contributed by atoms with Crippen LogP contribution in [0.2, 0.25) is 0 Å². The van der Waals surface area contributed by atoms with Crippen LogP contribution < -0.4 is 5.32 Å². The van der Waals surface area contributed by atoms with Crippen LogP contribution in [0.1, 0.15) is 19.3 Å². The number of carboxylic acid groups (broad SMARTS) is 1. The summed E-state index contributed by atoms with van der Waals surface area (Å²) >= 11 is 0. The number of hydrogen-bond acceptors (Lipinski definition) is 4. The van der Waals surface area contributed by atoms with E-state index in [2.05, 4.69) is 5.32 Å². The van der Waals surface area contributed by atoms with Crippen LogP contribution in [0.3, 0.4) is 0 Å². The Morgan fingerprint density at radius 2 is 2.14 bits per heavy atom. The molecule has 1 aliphatic rings. The second kappa shape index (κ2) is 6.02. The molecule has 0 bridgehead atoms. The Kier molecular flexibility index (Phi) is 4.35. The lowest BCUT2D eigenvalue weighted by Crippen LogP contribution is -2.24. The molecule has 8 heteroatoms. The third-order valence-corrected chi connectivity index (χ3v) is 3.74. The van der Waals surface area contributed by atoms with Crippen molar-refractivity contribution in [3.63, 3.8) is 0 Å². The molecule has 21 heavy (non-hydrogen) atoms. The van der Waals surface area contributed by atoms with E-state index in [0.29, 0.717) is 18.9 Å². The summed E-state index contributed by atoms with van der Waals surface area (Å²) in [5, 5.41) is 22.5. The van der Waals surface area contributed by atoms with Gasteiger partial charge in [0.2, 0.25) is 5.82 Å². The average Bonchev–Trinajstić information content (AvgIpc) is 2.83. The molecule has 0 spiro atoms. The molecule has 114 valence electrons. The number of nitro groups is 1. The van der Waals surface area contributed by atoms with Crippen molar-refractivity contribution in [2.24, 2.45) is 11.8 Å². The van der Waals surface area contributed by atoms with E-state index < -0.39 is 34.1 Å². The van der Waals surface area contributed by atoms with E-state index >= 15 is 0 Å². The summed E-state index contributed by atoms with van der Waals surface area (Å²) in [7, 11) is 0. The van der Waals surface area contributed by atoms with Crippen molar-refractivity contribution in [1.82, 2.24) is 0 Å². The Labute approximate surface area is 118 Å². The number of carbonyl (C=O) groups is 1. The Balaban J connectivity index is 2.16. The summed E-state index contributed by atoms with van der Waals surface area (Å²) in [6, 6.07) is 1.28. The highest BCUT2D eigenvalue weighted by Crippen LogP contribution is 2.34. The third kappa shape index (κ3) is 3.26. The highest BCUT2D eigenvalue weighted by Gasteiger charge is 2.33. The highest BCUT2D eigenvalue weighted by atomic mass is 19.1. The van der Waals surface area contributed by atoms with Gasteiger partial charge in [0, 0.05) is 18.7 Å². The lowest BCUT2D eigenvalue weighted by molar-refractivity contribution is -0.386. The summed E-state index contributed by atoms with van der Waals surface area (Å²) in [6.07, 6.45) is 1.96. The van der Waals surface area contributed by atoms with E-state index in [9.17, 15) is 23.7 Å². The fraction of sp³-hybridized carbons (Fsp3) is 0.462. The minimum absolute atomic E-state index is 0.126. The van der Waals surface area contributed by atoms with Crippen LogP contribution >= 0.6 is 0 Å². The standard InChI is InChI=1S/C13H14F2N2O4/c14-8-4-10(15)12(17(20)21)11(5-8)16-6-7-2-1-3-9(7)13(18)19/h4-5,7,9,16H,1-3,6H2,(H,18,19). The molecule has 1 saturated carbocycles. The zero-order valence-electron chi connectivity index (χ0n) is 11.0. The van der Waals surface area contributed by atoms with E-state index in [1.54, 1.807) is 0 Å². The van der Waals surface area contributed by atoms with Gasteiger partial charge in [-0.1, -0.05) is 6.42 Å². The second-order valence-corrected chi connectivity index (χ2v) is 5.06. The van der Waals surface area contributed by atoms with Crippen molar-refractivity contribution in [1.29, 1.82) is 0 Å². The van der Waals surface area contributed by atoms with Crippen molar-refractivity contribution in [3.05, 3.63) is 33.9 Å². The van der Waals surface area contributed by atoms with Crippen molar-refractivity contribution >= 4 is 17.3 Å². The van der Waals surface area contributed by atoms with Crippen LogP contribution in [0, 0.1) is 33.6 Å². The molecule has 0 amide bonds. The van der Waals surface area contributed by atoms with Gasteiger partial charge in [0.1, 0.15) is 11.5 Å². The van der Waals surface area contributed by atoms with Gasteiger partial charge in [-0.15, -0.1) is 0 Å². The van der Waals surface area contributed by atoms with E-state index in [4.69, 9.17) is 5.11 Å². The van der Waals surface area contributed by atoms with Crippen molar-refractivity contribution in [2.45, 2.75) is 19.3 Å². The minimum atomic E-state index is -1.26. The van der Waals surface area contributed by atoms with Crippen LogP contribution in [-0.4, -0.2) is 22.5 Å². The van der Waals surface area contributed by atoms with Gasteiger partial charge in [0.15, 0.2) is 0 Å². The van der Waals surface area contributed by atoms with E-state index in [0.717, 1.165) is 12.5 Å². The smallest absolute Gasteiger partial charge is 0.327 e. The number of rotatable bonds is 5. The number of nitrogens with one attached hydrogen (secondary N) is 1. The van der Waals surface area contributed by atoms with Gasteiger partial charge in [-0.3, -0.25) is 14.9 Å². The molecule has 0 aromatic heterocycles. The molecule has 2 unspecified atom stereocenters. The topological polar surface area (TPSA) is 92.5 Å². The van der Waals surface area contributed by atoms with E-state index in [1.807, 2.05) is 0 Å². The third-order valence-electron chi connectivity index (χ3n) is 3.74. The summed E-state index contributed by atoms with van der Waals surface area (Å²) in [4.78, 5) is 21.0. The molecule has 1 aliphatic carbocycles. The molecule has 2 rings (SSSR count). The van der Waals surface area contributed by atoms with Gasteiger partial charge in [-0.25, -0.2) is 4.39 Å². The molecule has 1 fully saturated rings. The Morgan fingerprint density at radius 3 is 2.76 bits per heavy atom. The van der Waals surface area contributed by atoms with Gasteiger partial charge in [-0.2, -0.15) is 4.39 Å². The SMILES string of the molecule is O=C(O)C1CCCC1CNc1cc(F)cc(F)c1[N+](=O)[O-]. The van der Waals surface area contributed by atoms with Crippen LogP contribution in [0.5, 0.6) is 0 Å². The van der Waals surface area contributed by atoms with Gasteiger partial charge in [0.05, 0.1) is 10.8 Å². The van der Waals surface area contributed by atoms with Gasteiger partial charge in [0.25, 0.3) is 0 Å². The molecule has 0 radical (unpaired) electrons. The summed E-state index contributed by atoms with van der Waals surface area (Å²) < 4.78 is 26.6. The van der Waals surface area contributed by atoms with Crippen LogP contribution in [0.25, 0.3) is 0 Å². The maximum absolute atomic E-state index is 13.5. The van der Waals surface area contributed by atoms with Gasteiger partial charge in [-0.05, 0) is 18.8 Å². The van der Waals surface area contributed by atoms with Crippen molar-refractivity contribution < 1.29 is 23.6 Å². The van der Waals surface area contributed by atoms with Crippen molar-refractivity contribution in [3.8, 4) is 0 Å². The molecule has 2 N–H and O–H groups in total. The molecule has 0 heterocycles. The molecule has 0 saturated heterocycles. The number of nitro benzene ring substituents is 1. The fourth-order valence-electron chi connectivity index (χ4n) is 2.73. The molecule has 2 atom stereocenters. The number of benzene rings is 1. The number of aliphatic carboxylic acids is 1. The normalized spacial score (nSPS) is 21.2. The zero-order valence-corrected chi connectivity index (χ0v) is 11.0. The molecule has 1 aromatic carbocycles.